The van der Waals surface area contributed by atoms with Gasteiger partial charge in [0.25, 0.3) is 0 Å². The van der Waals surface area contributed by atoms with Gasteiger partial charge in [-0.15, -0.1) is 0 Å². The molecule has 0 heterocycles. The minimum atomic E-state index is 0.441. The van der Waals surface area contributed by atoms with Crippen LogP contribution in [0.3, 0.4) is 0 Å². The Balaban J connectivity index is 2.19. The van der Waals surface area contributed by atoms with Crippen LogP contribution in [0.15, 0.2) is 0 Å². The maximum Gasteiger partial charge on any atom is 0.0159 e. The number of hydrogen-bond donors (Lipinski definition) is 1. The lowest BCUT2D eigenvalue weighted by molar-refractivity contribution is 0.264. The lowest BCUT2D eigenvalue weighted by atomic mass is 9.80. The Labute approximate surface area is 99.6 Å². The van der Waals surface area contributed by atoms with E-state index in [9.17, 15) is 0 Å². The Bertz CT molecular complexity index is 164. The molecule has 0 saturated heterocycles. The first-order chi connectivity index (χ1) is 7.13. The second-order valence-corrected chi connectivity index (χ2v) is 6.71. The summed E-state index contributed by atoms with van der Waals surface area (Å²) >= 11 is 2.05. The van der Waals surface area contributed by atoms with Crippen molar-refractivity contribution < 1.29 is 0 Å². The fraction of sp³-hybridized carbons (Fsp3) is 1.00. The highest BCUT2D eigenvalue weighted by Crippen LogP contribution is 2.31. The van der Waals surface area contributed by atoms with Crippen LogP contribution in [0, 0.1) is 11.8 Å². The molecule has 2 heteroatoms. The van der Waals surface area contributed by atoms with E-state index in [4.69, 9.17) is 5.73 Å². The number of nitrogens with two attached hydrogens (primary N) is 1. The second-order valence-electron chi connectivity index (χ2n) is 5.24. The smallest absolute Gasteiger partial charge is 0.0159 e. The topological polar surface area (TPSA) is 26.0 Å². The fourth-order valence-electron chi connectivity index (χ4n) is 2.24. The molecule has 1 fully saturated rings. The molecular formula is C13H27NS. The third kappa shape index (κ3) is 4.78. The molecule has 0 aromatic carbocycles. The molecule has 0 aromatic rings. The Morgan fingerprint density at radius 3 is 2.40 bits per heavy atom. The van der Waals surface area contributed by atoms with Crippen LogP contribution in [0.4, 0.5) is 0 Å². The van der Waals surface area contributed by atoms with Gasteiger partial charge in [0, 0.05) is 17.0 Å². The van der Waals surface area contributed by atoms with Crippen molar-refractivity contribution in [3.8, 4) is 0 Å². The van der Waals surface area contributed by atoms with E-state index in [1.807, 2.05) is 0 Å². The summed E-state index contributed by atoms with van der Waals surface area (Å²) in [6, 6.07) is 0.441. The summed E-state index contributed by atoms with van der Waals surface area (Å²) in [5, 5.41) is 0.776. The molecule has 90 valence electrons. The zero-order valence-electron chi connectivity index (χ0n) is 10.5. The van der Waals surface area contributed by atoms with Gasteiger partial charge < -0.3 is 5.73 Å². The molecule has 0 bridgehead atoms. The summed E-state index contributed by atoms with van der Waals surface area (Å²) in [6.45, 7) is 6.93. The van der Waals surface area contributed by atoms with E-state index in [0.29, 0.717) is 6.04 Å². The molecule has 0 aliphatic heterocycles. The minimum absolute atomic E-state index is 0.441. The van der Waals surface area contributed by atoms with Gasteiger partial charge in [-0.3, -0.25) is 0 Å². The number of thioether (sulfide) groups is 1. The maximum absolute atomic E-state index is 6.28. The molecule has 2 atom stereocenters. The van der Waals surface area contributed by atoms with E-state index >= 15 is 0 Å². The van der Waals surface area contributed by atoms with Gasteiger partial charge in [-0.05, 0) is 31.1 Å². The van der Waals surface area contributed by atoms with Crippen LogP contribution in [-0.4, -0.2) is 17.0 Å². The monoisotopic (exact) mass is 229 g/mol. The van der Waals surface area contributed by atoms with Gasteiger partial charge in [0.15, 0.2) is 0 Å². The fourth-order valence-corrected chi connectivity index (χ4v) is 3.30. The first-order valence-electron chi connectivity index (χ1n) is 6.50. The van der Waals surface area contributed by atoms with Crippen LogP contribution < -0.4 is 5.73 Å². The molecular weight excluding hydrogens is 202 g/mol. The third-order valence-corrected chi connectivity index (χ3v) is 5.29. The van der Waals surface area contributed by atoms with Crippen molar-refractivity contribution in [1.29, 1.82) is 0 Å². The Hall–Kier alpha value is 0.310. The highest BCUT2D eigenvalue weighted by Gasteiger charge is 2.23. The predicted molar refractivity (Wildman–Crippen MR) is 71.3 cm³/mol. The largest absolute Gasteiger partial charge is 0.327 e. The van der Waals surface area contributed by atoms with Crippen molar-refractivity contribution >= 4 is 11.8 Å². The summed E-state index contributed by atoms with van der Waals surface area (Å²) in [7, 11) is 0. The second kappa shape index (κ2) is 6.80. The van der Waals surface area contributed by atoms with Crippen LogP contribution in [0.5, 0.6) is 0 Å². The average molecular weight is 229 g/mol. The van der Waals surface area contributed by atoms with Gasteiger partial charge in [-0.2, -0.15) is 11.8 Å². The summed E-state index contributed by atoms with van der Waals surface area (Å²) < 4.78 is 0. The first-order valence-corrected chi connectivity index (χ1v) is 7.55. The minimum Gasteiger partial charge on any atom is -0.327 e. The van der Waals surface area contributed by atoms with Crippen molar-refractivity contribution in [3.63, 3.8) is 0 Å². The quantitative estimate of drug-likeness (QED) is 0.778. The van der Waals surface area contributed by atoms with Gasteiger partial charge >= 0.3 is 0 Å². The van der Waals surface area contributed by atoms with E-state index < -0.39 is 0 Å². The van der Waals surface area contributed by atoms with Crippen molar-refractivity contribution in [1.82, 2.24) is 0 Å². The van der Waals surface area contributed by atoms with Gasteiger partial charge in [-0.1, -0.05) is 33.6 Å². The molecule has 2 unspecified atom stereocenters. The summed E-state index contributed by atoms with van der Waals surface area (Å²) in [4.78, 5) is 0. The summed E-state index contributed by atoms with van der Waals surface area (Å²) in [6.07, 6.45) is 6.78. The SMILES string of the molecule is CCC(C)SCC(N)C1CCC(C)CC1. The van der Waals surface area contributed by atoms with E-state index in [1.165, 1.54) is 32.1 Å². The van der Waals surface area contributed by atoms with E-state index in [1.54, 1.807) is 0 Å². The lowest BCUT2D eigenvalue weighted by Crippen LogP contribution is -2.35. The standard InChI is InChI=1S/C13H27NS/c1-4-11(3)15-9-13(14)12-7-5-10(2)6-8-12/h10-13H,4-9,14H2,1-3H3. The molecule has 1 nitrogen and oxygen atoms in total. The van der Waals surface area contributed by atoms with Gasteiger partial charge in [-0.25, -0.2) is 0 Å². The maximum atomic E-state index is 6.28. The van der Waals surface area contributed by atoms with Crippen molar-refractivity contribution in [2.45, 2.75) is 64.2 Å². The molecule has 2 N–H and O–H groups in total. The average Bonchev–Trinajstić information content (AvgIpc) is 2.26. The zero-order valence-corrected chi connectivity index (χ0v) is 11.4. The van der Waals surface area contributed by atoms with Gasteiger partial charge in [0.2, 0.25) is 0 Å². The summed E-state index contributed by atoms with van der Waals surface area (Å²) in [5.41, 5.74) is 6.28. The Kier molecular flexibility index (Phi) is 6.06. The van der Waals surface area contributed by atoms with Crippen molar-refractivity contribution in [3.05, 3.63) is 0 Å². The summed E-state index contributed by atoms with van der Waals surface area (Å²) in [5.74, 6) is 2.90. The van der Waals surface area contributed by atoms with Crippen LogP contribution in [-0.2, 0) is 0 Å². The molecule has 0 radical (unpaired) electrons. The third-order valence-electron chi connectivity index (χ3n) is 3.81. The van der Waals surface area contributed by atoms with Gasteiger partial charge in [0.05, 0.1) is 0 Å². The normalized spacial score (nSPS) is 31.2. The Morgan fingerprint density at radius 1 is 1.27 bits per heavy atom. The van der Waals surface area contributed by atoms with Crippen molar-refractivity contribution in [2.24, 2.45) is 17.6 Å². The molecule has 1 rings (SSSR count). The first kappa shape index (κ1) is 13.4. The lowest BCUT2D eigenvalue weighted by Gasteiger charge is -2.30. The molecule has 0 amide bonds. The molecule has 1 aliphatic carbocycles. The Morgan fingerprint density at radius 2 is 1.87 bits per heavy atom. The highest BCUT2D eigenvalue weighted by molar-refractivity contribution is 7.99. The molecule has 0 aromatic heterocycles. The molecule has 1 saturated carbocycles. The van der Waals surface area contributed by atoms with E-state index in [-0.39, 0.29) is 0 Å². The van der Waals surface area contributed by atoms with Crippen LogP contribution in [0.25, 0.3) is 0 Å². The molecule has 0 spiro atoms. The molecule has 15 heavy (non-hydrogen) atoms. The zero-order chi connectivity index (χ0) is 11.3. The van der Waals surface area contributed by atoms with Gasteiger partial charge in [0.1, 0.15) is 0 Å². The van der Waals surface area contributed by atoms with E-state index in [0.717, 1.165) is 22.8 Å². The predicted octanol–water partition coefficient (Wildman–Crippen LogP) is 3.67. The molecule has 1 aliphatic rings. The van der Waals surface area contributed by atoms with Crippen LogP contribution >= 0.6 is 11.8 Å². The highest BCUT2D eigenvalue weighted by atomic mass is 32.2. The van der Waals surface area contributed by atoms with Crippen LogP contribution in [0.2, 0.25) is 0 Å². The van der Waals surface area contributed by atoms with Crippen molar-refractivity contribution in [2.75, 3.05) is 5.75 Å². The van der Waals surface area contributed by atoms with E-state index in [2.05, 4.69) is 32.5 Å². The number of hydrogen-bond acceptors (Lipinski definition) is 2. The number of rotatable bonds is 5. The van der Waals surface area contributed by atoms with Crippen LogP contribution in [0.1, 0.15) is 52.9 Å².